The third-order valence-electron chi connectivity index (χ3n) is 6.24. The van der Waals surface area contributed by atoms with Crippen LogP contribution in [0.25, 0.3) is 0 Å². The normalized spacial score (nSPS) is 19.8. The number of aliphatic hydroxyl groups excluding tert-OH is 2. The van der Waals surface area contributed by atoms with Gasteiger partial charge in [-0.2, -0.15) is 8.42 Å². The number of hydrogen-bond acceptors (Lipinski definition) is 6. The molecule has 0 saturated carbocycles. The van der Waals surface area contributed by atoms with E-state index in [2.05, 4.69) is 11.9 Å². The smallest absolute Gasteiger partial charge is 0.267 e. The Labute approximate surface area is 194 Å². The molecule has 1 aliphatic rings. The van der Waals surface area contributed by atoms with Gasteiger partial charge in [-0.05, 0) is 6.42 Å². The molecule has 32 heavy (non-hydrogen) atoms. The highest BCUT2D eigenvalue weighted by Crippen LogP contribution is 2.20. The number of Topliss-reactive ketones (excluding diaryl/α,β-unsaturated/α-hetero) is 1. The second-order valence-electron chi connectivity index (χ2n) is 9.17. The summed E-state index contributed by atoms with van der Waals surface area (Å²) < 4.78 is 31.1. The molecule has 0 spiro atoms. The van der Waals surface area contributed by atoms with Gasteiger partial charge in [-0.1, -0.05) is 77.6 Å². The molecule has 8 nitrogen and oxygen atoms in total. The number of carbonyl (C=O) groups excluding carboxylic acids is 1. The zero-order chi connectivity index (χ0) is 23.9. The number of nitrogens with zero attached hydrogens (tertiary/aromatic N) is 2. The number of aliphatic imine (C=N–C) groups is 1. The number of aliphatic hydroxyl groups is 2. The van der Waals surface area contributed by atoms with Crippen molar-refractivity contribution in [2.24, 2.45) is 4.99 Å². The Kier molecular flexibility index (Phi) is 14.5. The first kappa shape index (κ1) is 29.2. The minimum atomic E-state index is -4.33. The molecule has 0 radical (unpaired) electrons. The number of amidine groups is 1. The highest BCUT2D eigenvalue weighted by Gasteiger charge is 2.43. The van der Waals surface area contributed by atoms with Crippen molar-refractivity contribution in [1.29, 1.82) is 0 Å². The van der Waals surface area contributed by atoms with Crippen molar-refractivity contribution in [3.8, 4) is 0 Å². The Morgan fingerprint density at radius 3 is 2.03 bits per heavy atom. The summed E-state index contributed by atoms with van der Waals surface area (Å²) in [4.78, 5) is 17.1. The molecule has 0 bridgehead atoms. The summed E-state index contributed by atoms with van der Waals surface area (Å²) >= 11 is 0. The van der Waals surface area contributed by atoms with E-state index in [1.165, 1.54) is 57.8 Å². The fraction of sp³-hybridized carbons (Fsp3) is 0.913. The fourth-order valence-electron chi connectivity index (χ4n) is 4.57. The third-order valence-corrected chi connectivity index (χ3v) is 7.04. The summed E-state index contributed by atoms with van der Waals surface area (Å²) in [6.07, 6.45) is 13.6. The minimum Gasteiger partial charge on any atom is -0.390 e. The van der Waals surface area contributed by atoms with E-state index in [0.29, 0.717) is 25.3 Å². The number of ketones is 1. The van der Waals surface area contributed by atoms with Gasteiger partial charge in [-0.3, -0.25) is 13.8 Å². The van der Waals surface area contributed by atoms with Crippen LogP contribution in [-0.4, -0.2) is 83.9 Å². The zero-order valence-corrected chi connectivity index (χ0v) is 20.7. The van der Waals surface area contributed by atoms with Crippen LogP contribution in [-0.2, 0) is 14.9 Å². The molecule has 1 rings (SSSR count). The molecule has 0 aromatic carbocycles. The van der Waals surface area contributed by atoms with Crippen molar-refractivity contribution >= 4 is 21.7 Å². The van der Waals surface area contributed by atoms with E-state index in [1.54, 1.807) is 0 Å². The van der Waals surface area contributed by atoms with Gasteiger partial charge in [0.15, 0.2) is 0 Å². The summed E-state index contributed by atoms with van der Waals surface area (Å²) in [5.41, 5.74) is 0. The monoisotopic (exact) mass is 477 g/mol. The number of rotatable bonds is 20. The summed E-state index contributed by atoms with van der Waals surface area (Å²) in [7, 11) is -4.33. The van der Waals surface area contributed by atoms with E-state index >= 15 is 0 Å². The van der Waals surface area contributed by atoms with E-state index in [4.69, 9.17) is 4.55 Å². The Bertz CT molecular complexity index is 667. The molecule has 188 valence electrons. The molecule has 0 aromatic heterocycles. The van der Waals surface area contributed by atoms with Gasteiger partial charge in [-0.15, -0.1) is 0 Å². The van der Waals surface area contributed by atoms with Crippen LogP contribution >= 0.6 is 0 Å². The Morgan fingerprint density at radius 2 is 1.53 bits per heavy atom. The zero-order valence-electron chi connectivity index (χ0n) is 19.9. The van der Waals surface area contributed by atoms with Crippen molar-refractivity contribution < 1.29 is 32.5 Å². The summed E-state index contributed by atoms with van der Waals surface area (Å²) in [6.45, 7) is 2.98. The van der Waals surface area contributed by atoms with E-state index < -0.39 is 22.0 Å². The lowest BCUT2D eigenvalue weighted by Gasteiger charge is -2.34. The van der Waals surface area contributed by atoms with Crippen molar-refractivity contribution in [1.82, 2.24) is 0 Å². The quantitative estimate of drug-likeness (QED) is 0.141. The molecule has 0 aromatic rings. The maximum absolute atomic E-state index is 12.8. The van der Waals surface area contributed by atoms with Crippen LogP contribution < -0.4 is 0 Å². The first-order valence-corrected chi connectivity index (χ1v) is 14.0. The fourth-order valence-corrected chi connectivity index (χ4v) is 5.16. The van der Waals surface area contributed by atoms with E-state index in [0.717, 1.165) is 19.3 Å². The molecule has 0 saturated heterocycles. The summed E-state index contributed by atoms with van der Waals surface area (Å²) in [5.74, 6) is -0.572. The van der Waals surface area contributed by atoms with Gasteiger partial charge in [0.1, 0.15) is 31.5 Å². The molecule has 0 amide bonds. The van der Waals surface area contributed by atoms with Crippen molar-refractivity contribution in [2.45, 2.75) is 96.5 Å². The van der Waals surface area contributed by atoms with Crippen molar-refractivity contribution in [3.63, 3.8) is 0 Å². The Balaban J connectivity index is 2.33. The average molecular weight is 478 g/mol. The molecule has 1 heterocycles. The van der Waals surface area contributed by atoms with Crippen LogP contribution in [0.2, 0.25) is 0 Å². The maximum Gasteiger partial charge on any atom is 0.267 e. The van der Waals surface area contributed by atoms with Crippen LogP contribution in [0.5, 0.6) is 0 Å². The van der Waals surface area contributed by atoms with Gasteiger partial charge in [0, 0.05) is 6.42 Å². The van der Waals surface area contributed by atoms with Crippen LogP contribution in [0.4, 0.5) is 0 Å². The van der Waals surface area contributed by atoms with Gasteiger partial charge < -0.3 is 10.2 Å². The number of hydrogen-bond donors (Lipinski definition) is 3. The molecular weight excluding hydrogens is 432 g/mol. The van der Waals surface area contributed by atoms with Crippen molar-refractivity contribution in [2.75, 3.05) is 38.5 Å². The van der Waals surface area contributed by atoms with Crippen molar-refractivity contribution in [3.05, 3.63) is 0 Å². The molecule has 9 heteroatoms. The standard InChI is InChI=1S/C23H44N2O6S/c1-2-3-4-5-6-7-8-9-10-11-12-13-14-22(28)23-24-15-16-25(23,17-18-26)19-21(27)20-32(29,30)31/h21,26-27H,2-20H2,1H3/p+1. The second-order valence-corrected chi connectivity index (χ2v) is 10.7. The van der Waals surface area contributed by atoms with E-state index in [-0.39, 0.29) is 30.0 Å². The van der Waals surface area contributed by atoms with E-state index in [9.17, 15) is 23.4 Å². The molecular formula is C23H45N2O6S+. The topological polar surface area (TPSA) is 124 Å². The molecule has 2 atom stereocenters. The molecule has 0 fully saturated rings. The number of unbranched alkanes of at least 4 members (excludes halogenated alkanes) is 11. The first-order chi connectivity index (χ1) is 15.2. The highest BCUT2D eigenvalue weighted by molar-refractivity contribution is 7.85. The van der Waals surface area contributed by atoms with Crippen LogP contribution in [0, 0.1) is 0 Å². The average Bonchev–Trinajstić information content (AvgIpc) is 3.10. The van der Waals surface area contributed by atoms with Gasteiger partial charge in [-0.25, -0.2) is 4.99 Å². The predicted octanol–water partition coefficient (Wildman–Crippen LogP) is 3.12. The lowest BCUT2D eigenvalue weighted by atomic mass is 10.0. The van der Waals surface area contributed by atoms with Gasteiger partial charge >= 0.3 is 0 Å². The lowest BCUT2D eigenvalue weighted by molar-refractivity contribution is -0.837. The maximum atomic E-state index is 12.8. The summed E-state index contributed by atoms with van der Waals surface area (Å²) in [5, 5.41) is 19.6. The largest absolute Gasteiger partial charge is 0.390 e. The van der Waals surface area contributed by atoms with E-state index in [1.807, 2.05) is 0 Å². The van der Waals surface area contributed by atoms with Gasteiger partial charge in [0.2, 0.25) is 5.78 Å². The Hall–Kier alpha value is -0.870. The Morgan fingerprint density at radius 1 is 1.00 bits per heavy atom. The SMILES string of the molecule is CCCCCCCCCCCCCCC(=O)C1=NCC[N+]1(CCO)CC(O)CS(=O)(=O)O. The number of quaternary nitrogens is 1. The second kappa shape index (κ2) is 15.9. The molecule has 1 aliphatic heterocycles. The predicted molar refractivity (Wildman–Crippen MR) is 127 cm³/mol. The number of carbonyl (C=O) groups is 1. The van der Waals surface area contributed by atoms with Crippen LogP contribution in [0.3, 0.4) is 0 Å². The molecule has 3 N–H and O–H groups in total. The minimum absolute atomic E-state index is 0.0235. The lowest BCUT2D eigenvalue weighted by Crippen LogP contribution is -2.59. The molecule has 2 unspecified atom stereocenters. The van der Waals surface area contributed by atoms with Crippen LogP contribution in [0.15, 0.2) is 4.99 Å². The highest BCUT2D eigenvalue weighted by atomic mass is 32.2. The summed E-state index contributed by atoms with van der Waals surface area (Å²) in [6, 6.07) is 0. The molecule has 0 aliphatic carbocycles. The van der Waals surface area contributed by atoms with Crippen LogP contribution in [0.1, 0.15) is 90.4 Å². The van der Waals surface area contributed by atoms with Gasteiger partial charge in [0.05, 0.1) is 13.2 Å². The van der Waals surface area contributed by atoms with Gasteiger partial charge in [0.25, 0.3) is 16.0 Å². The third kappa shape index (κ3) is 11.8. The first-order valence-electron chi connectivity index (χ1n) is 12.4.